The van der Waals surface area contributed by atoms with Gasteiger partial charge in [0, 0.05) is 11.8 Å². The first-order valence-corrected chi connectivity index (χ1v) is 4.37. The van der Waals surface area contributed by atoms with Crippen LogP contribution in [0.2, 0.25) is 5.15 Å². The number of ketones is 2. The van der Waals surface area contributed by atoms with Crippen LogP contribution >= 0.6 is 11.6 Å². The average molecular weight is 226 g/mol. The van der Waals surface area contributed by atoms with Gasteiger partial charge < -0.3 is 5.11 Å². The zero-order valence-corrected chi connectivity index (χ0v) is 7.99. The van der Waals surface area contributed by atoms with E-state index in [-0.39, 0.29) is 16.3 Å². The van der Waals surface area contributed by atoms with Crippen molar-refractivity contribution in [2.24, 2.45) is 5.92 Å². The maximum Gasteiger partial charge on any atom is 0.322 e. The number of aliphatic carboxylic acids is 1. The fourth-order valence-electron chi connectivity index (χ4n) is 1.52. The fraction of sp³-hybridized carbons (Fsp3) is 0.111. The largest absolute Gasteiger partial charge is 0.480 e. The maximum atomic E-state index is 11.5. The van der Waals surface area contributed by atoms with Gasteiger partial charge in [0.15, 0.2) is 17.5 Å². The van der Waals surface area contributed by atoms with Gasteiger partial charge in [-0.05, 0) is 6.07 Å². The molecule has 0 bridgehead atoms. The van der Waals surface area contributed by atoms with Crippen LogP contribution in [0.5, 0.6) is 0 Å². The third-order valence-electron chi connectivity index (χ3n) is 2.19. The molecule has 0 fully saturated rings. The highest BCUT2D eigenvalue weighted by molar-refractivity contribution is 6.41. The van der Waals surface area contributed by atoms with Crippen molar-refractivity contribution in [1.82, 2.24) is 4.98 Å². The minimum absolute atomic E-state index is 0.0346. The minimum atomic E-state index is -1.67. The van der Waals surface area contributed by atoms with Gasteiger partial charge in [-0.1, -0.05) is 11.6 Å². The van der Waals surface area contributed by atoms with Crippen molar-refractivity contribution >= 4 is 29.1 Å². The number of fused-ring (bicyclic) bond motifs is 1. The van der Waals surface area contributed by atoms with Gasteiger partial charge in [-0.15, -0.1) is 0 Å². The van der Waals surface area contributed by atoms with Gasteiger partial charge in [0.2, 0.25) is 0 Å². The van der Waals surface area contributed by atoms with E-state index >= 15 is 0 Å². The van der Waals surface area contributed by atoms with Crippen molar-refractivity contribution in [3.05, 3.63) is 28.5 Å². The number of rotatable bonds is 1. The van der Waals surface area contributed by atoms with Crippen molar-refractivity contribution < 1.29 is 19.5 Å². The number of Topliss-reactive ketones (excluding diaryl/α,β-unsaturated/α-hetero) is 2. The molecule has 0 spiro atoms. The second-order valence-corrected chi connectivity index (χ2v) is 3.38. The summed E-state index contributed by atoms with van der Waals surface area (Å²) in [5.74, 6) is -4.65. The van der Waals surface area contributed by atoms with Crippen LogP contribution in [-0.2, 0) is 4.79 Å². The lowest BCUT2D eigenvalue weighted by Crippen LogP contribution is -2.24. The molecule has 1 aliphatic carbocycles. The molecule has 1 unspecified atom stereocenters. The van der Waals surface area contributed by atoms with Crippen molar-refractivity contribution in [3.63, 3.8) is 0 Å². The quantitative estimate of drug-likeness (QED) is 0.565. The van der Waals surface area contributed by atoms with E-state index in [4.69, 9.17) is 16.7 Å². The molecule has 76 valence electrons. The number of carbonyl (C=O) groups is 3. The van der Waals surface area contributed by atoms with Crippen LogP contribution < -0.4 is 0 Å². The lowest BCUT2D eigenvalue weighted by Gasteiger charge is -1.97. The summed E-state index contributed by atoms with van der Waals surface area (Å²) in [6, 6.07) is 1.30. The van der Waals surface area contributed by atoms with E-state index in [0.717, 1.165) is 0 Å². The predicted molar refractivity (Wildman–Crippen MR) is 49.0 cm³/mol. The number of aromatic nitrogens is 1. The molecule has 15 heavy (non-hydrogen) atoms. The Labute approximate surface area is 88.7 Å². The standard InChI is InChI=1S/C9H4ClNO4/c10-8-4-3(1-2-11-8)6(12)5(7(4)13)9(14)15/h1-2,5H,(H,14,15). The summed E-state index contributed by atoms with van der Waals surface area (Å²) >= 11 is 5.62. The summed E-state index contributed by atoms with van der Waals surface area (Å²) in [7, 11) is 0. The monoisotopic (exact) mass is 225 g/mol. The Balaban J connectivity index is 2.66. The molecule has 1 N–H and O–H groups in total. The van der Waals surface area contributed by atoms with Gasteiger partial charge in [-0.3, -0.25) is 14.4 Å². The molecule has 0 saturated heterocycles. The highest BCUT2D eigenvalue weighted by Crippen LogP contribution is 2.30. The first-order chi connectivity index (χ1) is 7.04. The smallest absolute Gasteiger partial charge is 0.322 e. The van der Waals surface area contributed by atoms with E-state index in [2.05, 4.69) is 4.98 Å². The van der Waals surface area contributed by atoms with E-state index < -0.39 is 23.5 Å². The Hall–Kier alpha value is -1.75. The Kier molecular flexibility index (Phi) is 2.04. The van der Waals surface area contributed by atoms with Gasteiger partial charge >= 0.3 is 5.97 Å². The molecule has 5 nitrogen and oxygen atoms in total. The van der Waals surface area contributed by atoms with Crippen LogP contribution in [0.3, 0.4) is 0 Å². The van der Waals surface area contributed by atoms with Crippen LogP contribution in [0.15, 0.2) is 12.3 Å². The van der Waals surface area contributed by atoms with Crippen LogP contribution in [0, 0.1) is 5.92 Å². The molecule has 1 aliphatic rings. The van der Waals surface area contributed by atoms with Gasteiger partial charge in [0.25, 0.3) is 0 Å². The van der Waals surface area contributed by atoms with Crippen molar-refractivity contribution in [1.29, 1.82) is 0 Å². The van der Waals surface area contributed by atoms with Crippen LogP contribution in [0.4, 0.5) is 0 Å². The number of carboxylic acids is 1. The van der Waals surface area contributed by atoms with Crippen molar-refractivity contribution in [2.75, 3.05) is 0 Å². The lowest BCUT2D eigenvalue weighted by atomic mass is 10.1. The highest BCUT2D eigenvalue weighted by atomic mass is 35.5. The topological polar surface area (TPSA) is 84.3 Å². The number of carbonyl (C=O) groups excluding carboxylic acids is 2. The highest BCUT2D eigenvalue weighted by Gasteiger charge is 2.45. The molecule has 1 aromatic rings. The van der Waals surface area contributed by atoms with E-state index in [9.17, 15) is 14.4 Å². The molecule has 1 aromatic heterocycles. The summed E-state index contributed by atoms with van der Waals surface area (Å²) in [6.07, 6.45) is 1.26. The Morgan fingerprint density at radius 1 is 1.40 bits per heavy atom. The molecule has 0 saturated carbocycles. The van der Waals surface area contributed by atoms with Crippen LogP contribution in [-0.4, -0.2) is 27.6 Å². The number of halogens is 1. The van der Waals surface area contributed by atoms with Gasteiger partial charge in [-0.2, -0.15) is 0 Å². The second kappa shape index (κ2) is 3.13. The molecule has 1 atom stereocenters. The normalized spacial score (nSPS) is 19.1. The molecule has 6 heteroatoms. The summed E-state index contributed by atoms with van der Waals surface area (Å²) in [6.45, 7) is 0. The summed E-state index contributed by atoms with van der Waals surface area (Å²) < 4.78 is 0. The van der Waals surface area contributed by atoms with Gasteiger partial charge in [0.05, 0.1) is 5.56 Å². The van der Waals surface area contributed by atoms with Crippen molar-refractivity contribution in [2.45, 2.75) is 0 Å². The SMILES string of the molecule is O=C(O)C1C(=O)c2ccnc(Cl)c2C1=O. The summed E-state index contributed by atoms with van der Waals surface area (Å²) in [5, 5.41) is 8.58. The molecule has 0 radical (unpaired) electrons. The molecule has 1 heterocycles. The average Bonchev–Trinajstić information content (AvgIpc) is 2.40. The minimum Gasteiger partial charge on any atom is -0.480 e. The number of hydrogen-bond donors (Lipinski definition) is 1. The first-order valence-electron chi connectivity index (χ1n) is 3.99. The van der Waals surface area contributed by atoms with E-state index in [1.54, 1.807) is 0 Å². The molecule has 0 aliphatic heterocycles. The van der Waals surface area contributed by atoms with Crippen LogP contribution in [0.1, 0.15) is 20.7 Å². The zero-order chi connectivity index (χ0) is 11.2. The lowest BCUT2D eigenvalue weighted by molar-refractivity contribution is -0.138. The fourth-order valence-corrected chi connectivity index (χ4v) is 1.77. The molecule has 0 aromatic carbocycles. The van der Waals surface area contributed by atoms with E-state index in [1.165, 1.54) is 12.3 Å². The number of nitrogens with zero attached hydrogens (tertiary/aromatic N) is 1. The number of pyridine rings is 1. The second-order valence-electron chi connectivity index (χ2n) is 3.02. The number of carboxylic acid groups (broad SMARTS) is 1. The third-order valence-corrected chi connectivity index (χ3v) is 2.47. The van der Waals surface area contributed by atoms with Crippen molar-refractivity contribution in [3.8, 4) is 0 Å². The summed E-state index contributed by atoms with van der Waals surface area (Å²) in [4.78, 5) is 37.4. The summed E-state index contributed by atoms with van der Waals surface area (Å²) in [5.41, 5.74) is -0.0519. The van der Waals surface area contributed by atoms with Gasteiger partial charge in [-0.25, -0.2) is 4.98 Å². The molecule has 0 amide bonds. The zero-order valence-electron chi connectivity index (χ0n) is 7.23. The molecular weight excluding hydrogens is 222 g/mol. The maximum absolute atomic E-state index is 11.5. The Morgan fingerprint density at radius 3 is 2.60 bits per heavy atom. The number of hydrogen-bond acceptors (Lipinski definition) is 4. The molecule has 2 rings (SSSR count). The molecular formula is C9H4ClNO4. The van der Waals surface area contributed by atoms with E-state index in [1.807, 2.05) is 0 Å². The van der Waals surface area contributed by atoms with Crippen LogP contribution in [0.25, 0.3) is 0 Å². The predicted octanol–water partition coefficient (Wildman–Crippen LogP) is 0.815. The first kappa shape index (κ1) is 9.79. The third kappa shape index (κ3) is 1.24. The van der Waals surface area contributed by atoms with Gasteiger partial charge in [0.1, 0.15) is 5.15 Å². The Morgan fingerprint density at radius 2 is 2.07 bits per heavy atom. The van der Waals surface area contributed by atoms with E-state index in [0.29, 0.717) is 0 Å². The Bertz CT molecular complexity index is 497.